The third-order valence-corrected chi connectivity index (χ3v) is 3.03. The van der Waals surface area contributed by atoms with E-state index in [2.05, 4.69) is 6.58 Å². The van der Waals surface area contributed by atoms with Gasteiger partial charge in [-0.3, -0.25) is 4.79 Å². The molecule has 0 radical (unpaired) electrons. The lowest BCUT2D eigenvalue weighted by molar-refractivity contribution is -0.150. The molecule has 0 unspecified atom stereocenters. The van der Waals surface area contributed by atoms with Crippen LogP contribution >= 0.6 is 0 Å². The summed E-state index contributed by atoms with van der Waals surface area (Å²) < 4.78 is 10.8. The van der Waals surface area contributed by atoms with E-state index in [0.717, 1.165) is 13.0 Å². The summed E-state index contributed by atoms with van der Waals surface area (Å²) >= 11 is 0. The topological polar surface area (TPSA) is 64.8 Å². The van der Waals surface area contributed by atoms with Crippen LogP contribution in [0.15, 0.2) is 12.5 Å². The van der Waals surface area contributed by atoms with E-state index in [1.54, 1.807) is 6.92 Å². The Bertz CT molecular complexity index is 336. The molecule has 2 atom stereocenters. The van der Waals surface area contributed by atoms with E-state index in [4.69, 9.17) is 15.2 Å². The zero-order valence-corrected chi connectivity index (χ0v) is 12.4. The fraction of sp³-hybridized carbons (Fsp3) is 0.786. The van der Waals surface area contributed by atoms with Crippen LogP contribution in [0.4, 0.5) is 0 Å². The molecule has 1 aliphatic heterocycles. The summed E-state index contributed by atoms with van der Waals surface area (Å²) in [6.45, 7) is 13.3. The number of esters is 1. The highest BCUT2D eigenvalue weighted by Gasteiger charge is 2.34. The van der Waals surface area contributed by atoms with Gasteiger partial charge in [-0.05, 0) is 40.7 Å². The van der Waals surface area contributed by atoms with Gasteiger partial charge in [-0.1, -0.05) is 0 Å². The minimum absolute atomic E-state index is 0.155. The summed E-state index contributed by atoms with van der Waals surface area (Å²) in [6, 6.07) is -0.155. The van der Waals surface area contributed by atoms with Crippen LogP contribution < -0.4 is 5.73 Å². The van der Waals surface area contributed by atoms with E-state index in [0.29, 0.717) is 19.0 Å². The molecule has 1 saturated heterocycles. The molecule has 0 aliphatic carbocycles. The maximum absolute atomic E-state index is 11.9. The van der Waals surface area contributed by atoms with Crippen molar-refractivity contribution in [2.75, 3.05) is 19.7 Å². The monoisotopic (exact) mass is 270 g/mol. The van der Waals surface area contributed by atoms with Crippen LogP contribution in [0.1, 0.15) is 34.1 Å². The number of rotatable bonds is 4. The Morgan fingerprint density at radius 2 is 2.11 bits per heavy atom. The molecule has 0 bridgehead atoms. The predicted molar refractivity (Wildman–Crippen MR) is 74.3 cm³/mol. The molecule has 110 valence electrons. The predicted octanol–water partition coefficient (Wildman–Crippen LogP) is 1.49. The van der Waals surface area contributed by atoms with Gasteiger partial charge in [-0.2, -0.15) is 0 Å². The third kappa shape index (κ3) is 4.74. The zero-order chi connectivity index (χ0) is 14.6. The largest absolute Gasteiger partial charge is 0.474 e. The lowest BCUT2D eigenvalue weighted by Crippen LogP contribution is -2.50. The average Bonchev–Trinajstić information content (AvgIpc) is 2.27. The highest BCUT2D eigenvalue weighted by Crippen LogP contribution is 2.23. The molecule has 0 spiro atoms. The van der Waals surface area contributed by atoms with Crippen molar-refractivity contribution < 1.29 is 14.3 Å². The fourth-order valence-electron chi connectivity index (χ4n) is 2.11. The summed E-state index contributed by atoms with van der Waals surface area (Å²) in [7, 11) is 0. The Labute approximate surface area is 115 Å². The normalized spacial score (nSPS) is 23.9. The van der Waals surface area contributed by atoms with Crippen LogP contribution in [-0.4, -0.2) is 42.2 Å². The molecular weight excluding hydrogens is 244 g/mol. The minimum Gasteiger partial charge on any atom is -0.474 e. The summed E-state index contributed by atoms with van der Waals surface area (Å²) in [5.74, 6) is 0.0472. The van der Waals surface area contributed by atoms with Crippen molar-refractivity contribution in [3.8, 4) is 0 Å². The Morgan fingerprint density at radius 1 is 1.47 bits per heavy atom. The number of carbonyl (C=O) groups excluding carboxylic acids is 1. The van der Waals surface area contributed by atoms with Crippen molar-refractivity contribution in [2.45, 2.75) is 45.8 Å². The van der Waals surface area contributed by atoms with Gasteiger partial charge in [0, 0.05) is 19.1 Å². The lowest BCUT2D eigenvalue weighted by Gasteiger charge is -2.39. The van der Waals surface area contributed by atoms with E-state index in [-0.39, 0.29) is 23.5 Å². The van der Waals surface area contributed by atoms with Crippen LogP contribution in [0, 0.1) is 5.92 Å². The molecule has 5 heteroatoms. The van der Waals surface area contributed by atoms with E-state index >= 15 is 0 Å². The first kappa shape index (κ1) is 15.8. The molecular formula is C14H26N2O3. The van der Waals surface area contributed by atoms with Gasteiger partial charge in [0.25, 0.3) is 0 Å². The Hall–Kier alpha value is -1.23. The molecule has 1 fully saturated rings. The highest BCUT2D eigenvalue weighted by atomic mass is 16.5. The molecule has 1 heterocycles. The van der Waals surface area contributed by atoms with Crippen LogP contribution in [0.25, 0.3) is 0 Å². The first-order valence-corrected chi connectivity index (χ1v) is 6.79. The molecule has 0 amide bonds. The second-order valence-corrected chi connectivity index (χ2v) is 5.87. The molecule has 1 aliphatic rings. The second kappa shape index (κ2) is 6.28. The van der Waals surface area contributed by atoms with Crippen LogP contribution in [0.3, 0.4) is 0 Å². The number of hydrogen-bond donors (Lipinski definition) is 1. The van der Waals surface area contributed by atoms with E-state index in [1.165, 1.54) is 0 Å². The Kier molecular flexibility index (Phi) is 5.23. The van der Waals surface area contributed by atoms with Crippen molar-refractivity contribution in [3.63, 3.8) is 0 Å². The van der Waals surface area contributed by atoms with E-state index in [9.17, 15) is 4.79 Å². The average molecular weight is 270 g/mol. The molecule has 5 nitrogen and oxygen atoms in total. The zero-order valence-electron chi connectivity index (χ0n) is 12.4. The molecule has 0 aromatic carbocycles. The lowest BCUT2D eigenvalue weighted by atomic mass is 9.93. The van der Waals surface area contributed by atoms with Gasteiger partial charge in [0.1, 0.15) is 5.60 Å². The van der Waals surface area contributed by atoms with Gasteiger partial charge in [0.05, 0.1) is 12.5 Å². The minimum atomic E-state index is -0.311. The Morgan fingerprint density at radius 3 is 2.63 bits per heavy atom. The second-order valence-electron chi connectivity index (χ2n) is 5.87. The maximum Gasteiger partial charge on any atom is 0.312 e. The fourth-order valence-corrected chi connectivity index (χ4v) is 2.11. The summed E-state index contributed by atoms with van der Waals surface area (Å²) in [5, 5.41) is 0. The number of piperidine rings is 1. The number of nitrogens with zero attached hydrogens (tertiary/aromatic N) is 1. The quantitative estimate of drug-likeness (QED) is 0.619. The first-order chi connectivity index (χ1) is 8.74. The van der Waals surface area contributed by atoms with Gasteiger partial charge >= 0.3 is 5.97 Å². The van der Waals surface area contributed by atoms with Gasteiger partial charge in [-0.25, -0.2) is 0 Å². The van der Waals surface area contributed by atoms with Crippen LogP contribution in [-0.2, 0) is 14.3 Å². The van der Waals surface area contributed by atoms with Crippen LogP contribution in [0.2, 0.25) is 0 Å². The molecule has 0 saturated carbocycles. The van der Waals surface area contributed by atoms with E-state index < -0.39 is 0 Å². The van der Waals surface area contributed by atoms with Crippen molar-refractivity contribution in [1.82, 2.24) is 4.90 Å². The van der Waals surface area contributed by atoms with Gasteiger partial charge in [0.15, 0.2) is 5.88 Å². The third-order valence-electron chi connectivity index (χ3n) is 3.03. The number of nitrogens with two attached hydrogens (primary N) is 1. The smallest absolute Gasteiger partial charge is 0.312 e. The number of likely N-dealkylation sites (tertiary alicyclic amines) is 1. The number of ether oxygens (including phenoxy) is 2. The van der Waals surface area contributed by atoms with Gasteiger partial charge < -0.3 is 20.1 Å². The van der Waals surface area contributed by atoms with Crippen LogP contribution in [0.5, 0.6) is 0 Å². The maximum atomic E-state index is 11.9. The van der Waals surface area contributed by atoms with Gasteiger partial charge in [0.2, 0.25) is 0 Å². The Balaban J connectivity index is 2.63. The number of carbonyl (C=O) groups is 1. The SMILES string of the molecule is C=C(OC(C)(C)C)N1CC[C@@H](N)[C@@H](C(=O)OCC)C1. The molecule has 1 rings (SSSR count). The van der Waals surface area contributed by atoms with Crippen molar-refractivity contribution >= 4 is 5.97 Å². The van der Waals surface area contributed by atoms with Crippen molar-refractivity contribution in [3.05, 3.63) is 12.5 Å². The summed E-state index contributed by atoms with van der Waals surface area (Å²) in [4.78, 5) is 13.8. The molecule has 0 aromatic rings. The van der Waals surface area contributed by atoms with Crippen molar-refractivity contribution in [1.29, 1.82) is 0 Å². The number of hydrogen-bond acceptors (Lipinski definition) is 5. The summed E-state index contributed by atoms with van der Waals surface area (Å²) in [5.41, 5.74) is 5.71. The molecule has 2 N–H and O–H groups in total. The van der Waals surface area contributed by atoms with E-state index in [1.807, 2.05) is 25.7 Å². The highest BCUT2D eigenvalue weighted by molar-refractivity contribution is 5.73. The first-order valence-electron chi connectivity index (χ1n) is 6.79. The molecule has 19 heavy (non-hydrogen) atoms. The summed E-state index contributed by atoms with van der Waals surface area (Å²) in [6.07, 6.45) is 0.732. The van der Waals surface area contributed by atoms with Crippen molar-refractivity contribution in [2.24, 2.45) is 11.7 Å². The van der Waals surface area contributed by atoms with Gasteiger partial charge in [-0.15, -0.1) is 0 Å². The standard InChI is InChI=1S/C14H26N2O3/c1-6-18-13(17)11-9-16(8-7-12(11)15)10(2)19-14(3,4)5/h11-12H,2,6-9,15H2,1,3-5H3/t11-,12+/m0/s1. The molecule has 0 aromatic heterocycles.